The average Bonchev–Trinajstić information content (AvgIpc) is 2.92. The van der Waals surface area contributed by atoms with E-state index in [-0.39, 0.29) is 6.08 Å². The van der Waals surface area contributed by atoms with Gasteiger partial charge in [0.25, 0.3) is 0 Å². The molecular formula is C34H54F4. The Morgan fingerprint density at radius 2 is 1.03 bits per heavy atom. The maximum atomic E-state index is 14.0. The summed E-state index contributed by atoms with van der Waals surface area (Å²) in [6.45, 7) is 2.31. The second-order valence-corrected chi connectivity index (χ2v) is 13.7. The molecule has 4 aliphatic rings. The molecule has 4 fully saturated rings. The van der Waals surface area contributed by atoms with Gasteiger partial charge in [0.1, 0.15) is 5.83 Å². The lowest BCUT2D eigenvalue weighted by Gasteiger charge is -2.38. The molecule has 0 aromatic carbocycles. The minimum absolute atomic E-state index is 0.123. The van der Waals surface area contributed by atoms with Crippen molar-refractivity contribution >= 4 is 0 Å². The molecule has 4 aliphatic carbocycles. The topological polar surface area (TPSA) is 0 Å². The summed E-state index contributed by atoms with van der Waals surface area (Å²) in [5, 5.41) is 0. The Morgan fingerprint density at radius 3 is 1.45 bits per heavy atom. The van der Waals surface area contributed by atoms with Crippen molar-refractivity contribution in [2.24, 2.45) is 47.3 Å². The third kappa shape index (κ3) is 9.39. The van der Waals surface area contributed by atoms with E-state index in [0.29, 0.717) is 30.6 Å². The summed E-state index contributed by atoms with van der Waals surface area (Å²) in [6.07, 6.45) is 25.6. The summed E-state index contributed by atoms with van der Waals surface area (Å²) < 4.78 is 51.4. The normalized spacial score (nSPS) is 38.0. The van der Waals surface area contributed by atoms with Crippen LogP contribution in [0.3, 0.4) is 0 Å². The van der Waals surface area contributed by atoms with Gasteiger partial charge in [-0.1, -0.05) is 57.6 Å². The van der Waals surface area contributed by atoms with Crippen molar-refractivity contribution in [1.82, 2.24) is 0 Å². The fourth-order valence-corrected chi connectivity index (χ4v) is 8.70. The molecule has 0 aromatic rings. The van der Waals surface area contributed by atoms with E-state index < -0.39 is 17.9 Å². The van der Waals surface area contributed by atoms with Crippen molar-refractivity contribution < 1.29 is 17.6 Å². The highest BCUT2D eigenvalue weighted by Gasteiger charge is 2.34. The molecule has 4 heteroatoms. The van der Waals surface area contributed by atoms with Crippen LogP contribution in [0.5, 0.6) is 0 Å². The zero-order chi connectivity index (χ0) is 27.0. The largest absolute Gasteiger partial charge is 0.412 e. The van der Waals surface area contributed by atoms with Crippen LogP contribution in [0.4, 0.5) is 17.6 Å². The van der Waals surface area contributed by atoms with Gasteiger partial charge in [0.2, 0.25) is 0 Å². The van der Waals surface area contributed by atoms with Gasteiger partial charge in [-0.2, -0.15) is 13.2 Å². The van der Waals surface area contributed by atoms with Crippen molar-refractivity contribution in [2.45, 2.75) is 142 Å². The molecule has 218 valence electrons. The number of allylic oxidation sites excluding steroid dienone is 4. The third-order valence-electron chi connectivity index (χ3n) is 11.2. The number of alkyl halides is 3. The van der Waals surface area contributed by atoms with Crippen molar-refractivity contribution in [3.8, 4) is 0 Å². The number of rotatable bonds is 9. The van der Waals surface area contributed by atoms with Gasteiger partial charge in [-0.3, -0.25) is 0 Å². The van der Waals surface area contributed by atoms with Crippen molar-refractivity contribution in [2.75, 3.05) is 0 Å². The lowest BCUT2D eigenvalue weighted by atomic mass is 9.68. The Labute approximate surface area is 230 Å². The van der Waals surface area contributed by atoms with Gasteiger partial charge >= 0.3 is 6.18 Å². The van der Waals surface area contributed by atoms with Gasteiger partial charge in [-0.15, -0.1) is 0 Å². The first-order valence-corrected chi connectivity index (χ1v) is 16.4. The average molecular weight is 539 g/mol. The summed E-state index contributed by atoms with van der Waals surface area (Å²) >= 11 is 0. The quantitative estimate of drug-likeness (QED) is 0.156. The molecular weight excluding hydrogens is 484 g/mol. The Morgan fingerprint density at radius 1 is 0.605 bits per heavy atom. The molecule has 0 radical (unpaired) electrons. The maximum Gasteiger partial charge on any atom is 0.412 e. The van der Waals surface area contributed by atoms with Crippen LogP contribution in [-0.4, -0.2) is 6.18 Å². The molecule has 0 N–H and O–H groups in total. The highest BCUT2D eigenvalue weighted by molar-refractivity contribution is 5.04. The fraction of sp³-hybridized carbons (Fsp3) is 0.882. The molecule has 0 heterocycles. The van der Waals surface area contributed by atoms with Gasteiger partial charge in [0, 0.05) is 5.92 Å². The second-order valence-electron chi connectivity index (χ2n) is 13.7. The first kappa shape index (κ1) is 30.2. The standard InChI is InChI=1S/C34H54F4/c1-2-3-4-5-25-8-14-28(15-9-25)29-16-10-26(11-17-29)6-7-27-12-18-30(19-13-27)31-20-22-32(23-21-31)33(35)24-34(36,37)38/h6-7,24-32H,2-5,8-23H2,1H3. The Balaban J connectivity index is 1.09. The van der Waals surface area contributed by atoms with Crippen molar-refractivity contribution in [3.63, 3.8) is 0 Å². The van der Waals surface area contributed by atoms with Gasteiger partial charge in [-0.05, 0) is 131 Å². The summed E-state index contributed by atoms with van der Waals surface area (Å²) in [7, 11) is 0. The monoisotopic (exact) mass is 538 g/mol. The van der Waals surface area contributed by atoms with Crippen LogP contribution in [0, 0.1) is 47.3 Å². The first-order chi connectivity index (χ1) is 18.3. The van der Waals surface area contributed by atoms with E-state index in [0.717, 1.165) is 36.5 Å². The molecule has 4 rings (SSSR count). The summed E-state index contributed by atoms with van der Waals surface area (Å²) in [4.78, 5) is 0. The molecule has 0 amide bonds. The highest BCUT2D eigenvalue weighted by Crippen LogP contribution is 2.45. The Kier molecular flexibility index (Phi) is 11.7. The summed E-state index contributed by atoms with van der Waals surface area (Å²) in [5.41, 5.74) is 0. The predicted octanol–water partition coefficient (Wildman–Crippen LogP) is 11.8. The molecule has 0 atom stereocenters. The summed E-state index contributed by atoms with van der Waals surface area (Å²) in [5.74, 6) is 4.29. The van der Waals surface area contributed by atoms with Gasteiger partial charge in [0.15, 0.2) is 0 Å². The van der Waals surface area contributed by atoms with E-state index in [1.807, 2.05) is 0 Å². The maximum absolute atomic E-state index is 14.0. The van der Waals surface area contributed by atoms with E-state index in [2.05, 4.69) is 19.1 Å². The molecule has 0 nitrogen and oxygen atoms in total. The van der Waals surface area contributed by atoms with Gasteiger partial charge < -0.3 is 0 Å². The van der Waals surface area contributed by atoms with Crippen LogP contribution < -0.4 is 0 Å². The van der Waals surface area contributed by atoms with E-state index in [9.17, 15) is 17.6 Å². The number of halogens is 4. The van der Waals surface area contributed by atoms with Crippen LogP contribution in [0.15, 0.2) is 24.1 Å². The lowest BCUT2D eigenvalue weighted by Crippen LogP contribution is -2.26. The molecule has 0 aliphatic heterocycles. The predicted molar refractivity (Wildman–Crippen MR) is 150 cm³/mol. The zero-order valence-electron chi connectivity index (χ0n) is 24.0. The van der Waals surface area contributed by atoms with E-state index in [1.165, 1.54) is 103 Å². The van der Waals surface area contributed by atoms with E-state index in [4.69, 9.17) is 0 Å². The molecule has 0 bridgehead atoms. The first-order valence-electron chi connectivity index (χ1n) is 16.4. The molecule has 0 aromatic heterocycles. The van der Waals surface area contributed by atoms with Crippen molar-refractivity contribution in [1.29, 1.82) is 0 Å². The molecule has 0 spiro atoms. The highest BCUT2D eigenvalue weighted by atomic mass is 19.4. The molecule has 38 heavy (non-hydrogen) atoms. The van der Waals surface area contributed by atoms with Gasteiger partial charge in [0.05, 0.1) is 6.08 Å². The van der Waals surface area contributed by atoms with Crippen LogP contribution >= 0.6 is 0 Å². The van der Waals surface area contributed by atoms with Crippen molar-refractivity contribution in [3.05, 3.63) is 24.1 Å². The van der Waals surface area contributed by atoms with Crippen LogP contribution in [-0.2, 0) is 0 Å². The Hall–Kier alpha value is -0.800. The van der Waals surface area contributed by atoms with Crippen LogP contribution in [0.25, 0.3) is 0 Å². The SMILES string of the molecule is CCCCCC1CCC(C2CCC(C=CC3CCC(C4CCC(C(F)=CC(F)(F)F)CC4)CC3)CC2)CC1. The lowest BCUT2D eigenvalue weighted by molar-refractivity contribution is -0.0821. The second kappa shape index (κ2) is 14.7. The number of hydrogen-bond acceptors (Lipinski definition) is 0. The van der Waals surface area contributed by atoms with E-state index in [1.54, 1.807) is 0 Å². The molecule has 4 saturated carbocycles. The fourth-order valence-electron chi connectivity index (χ4n) is 8.70. The van der Waals surface area contributed by atoms with Crippen LogP contribution in [0.2, 0.25) is 0 Å². The smallest absolute Gasteiger partial charge is 0.212 e. The number of unbranched alkanes of at least 4 members (excludes halogenated alkanes) is 2. The van der Waals surface area contributed by atoms with E-state index >= 15 is 0 Å². The minimum Gasteiger partial charge on any atom is -0.212 e. The third-order valence-corrected chi connectivity index (χ3v) is 11.2. The molecule has 0 saturated heterocycles. The molecule has 0 unspecified atom stereocenters. The van der Waals surface area contributed by atoms with Gasteiger partial charge in [-0.25, -0.2) is 4.39 Å². The minimum atomic E-state index is -4.54. The Bertz CT molecular complexity index is 720. The van der Waals surface area contributed by atoms with Crippen LogP contribution in [0.1, 0.15) is 135 Å². The number of hydrogen-bond donors (Lipinski definition) is 0. The summed E-state index contributed by atoms with van der Waals surface area (Å²) in [6, 6.07) is 0. The zero-order valence-corrected chi connectivity index (χ0v) is 24.0.